The number of rotatable bonds is 7. The van der Waals surface area contributed by atoms with Crippen LogP contribution in [0.2, 0.25) is 10.0 Å². The number of nitrogens with zero attached hydrogens (tertiary/aromatic N) is 1. The number of benzene rings is 2. The van der Waals surface area contributed by atoms with Crippen LogP contribution in [0.3, 0.4) is 0 Å². The molecule has 2 amide bonds. The monoisotopic (exact) mass is 444 g/mol. The van der Waals surface area contributed by atoms with Crippen molar-refractivity contribution in [3.8, 4) is 18.1 Å². The van der Waals surface area contributed by atoms with Crippen LogP contribution in [0.4, 0.5) is 0 Å². The molecule has 0 radical (unpaired) electrons. The summed E-state index contributed by atoms with van der Waals surface area (Å²) in [6, 6.07) is 11.8. The van der Waals surface area contributed by atoms with Gasteiger partial charge in [-0.2, -0.15) is 0 Å². The van der Waals surface area contributed by atoms with Crippen molar-refractivity contribution in [1.82, 2.24) is 10.2 Å². The molecule has 1 fully saturated rings. The molecule has 0 saturated carbocycles. The zero-order valence-corrected chi connectivity index (χ0v) is 17.9. The third-order valence-electron chi connectivity index (χ3n) is 4.88. The number of hydrogen-bond acceptors (Lipinski definition) is 3. The molecular weight excluding hydrogens is 423 g/mol. The van der Waals surface area contributed by atoms with E-state index in [-0.39, 0.29) is 18.4 Å². The van der Waals surface area contributed by atoms with Crippen LogP contribution in [0.25, 0.3) is 0 Å². The van der Waals surface area contributed by atoms with E-state index in [1.54, 1.807) is 23.1 Å². The fourth-order valence-corrected chi connectivity index (χ4v) is 3.98. The molecule has 1 unspecified atom stereocenters. The summed E-state index contributed by atoms with van der Waals surface area (Å²) in [6.07, 6.45) is 7.25. The van der Waals surface area contributed by atoms with Gasteiger partial charge in [0.05, 0.1) is 0 Å². The summed E-state index contributed by atoms with van der Waals surface area (Å²) in [5, 5.41) is 3.72. The Bertz CT molecular complexity index is 934. The molecule has 0 bridgehead atoms. The minimum Gasteiger partial charge on any atom is -0.481 e. The number of ether oxygens (including phenoxy) is 1. The summed E-state index contributed by atoms with van der Waals surface area (Å²) < 4.78 is 5.35. The maximum absolute atomic E-state index is 12.9. The Balaban J connectivity index is 1.54. The number of likely N-dealkylation sites (tertiary alicyclic amines) is 1. The largest absolute Gasteiger partial charge is 0.481 e. The molecule has 0 aliphatic carbocycles. The van der Waals surface area contributed by atoms with Crippen LogP contribution in [0.5, 0.6) is 5.75 Å². The number of terminal acetylenes is 1. The van der Waals surface area contributed by atoms with E-state index in [9.17, 15) is 9.59 Å². The second kappa shape index (κ2) is 10.4. The van der Waals surface area contributed by atoms with Gasteiger partial charge in [0.25, 0.3) is 5.91 Å². The lowest BCUT2D eigenvalue weighted by molar-refractivity contribution is -0.124. The van der Waals surface area contributed by atoms with E-state index in [0.29, 0.717) is 47.3 Å². The zero-order valence-electron chi connectivity index (χ0n) is 16.4. The number of amides is 2. The predicted molar refractivity (Wildman–Crippen MR) is 118 cm³/mol. The molecule has 1 aliphatic heterocycles. The lowest BCUT2D eigenvalue weighted by Gasteiger charge is -2.24. The van der Waals surface area contributed by atoms with Gasteiger partial charge in [0.1, 0.15) is 18.4 Å². The highest BCUT2D eigenvalue weighted by atomic mass is 35.5. The molecule has 1 saturated heterocycles. The first-order valence-electron chi connectivity index (χ1n) is 9.68. The quantitative estimate of drug-likeness (QED) is 0.657. The Kier molecular flexibility index (Phi) is 7.62. The van der Waals surface area contributed by atoms with Gasteiger partial charge >= 0.3 is 0 Å². The van der Waals surface area contributed by atoms with Crippen LogP contribution in [-0.2, 0) is 11.2 Å². The van der Waals surface area contributed by atoms with Gasteiger partial charge in [0.2, 0.25) is 5.91 Å². The molecule has 30 heavy (non-hydrogen) atoms. The van der Waals surface area contributed by atoms with Crippen molar-refractivity contribution in [3.05, 3.63) is 63.6 Å². The van der Waals surface area contributed by atoms with E-state index in [0.717, 1.165) is 12.0 Å². The summed E-state index contributed by atoms with van der Waals surface area (Å²) >= 11 is 12.0. The molecule has 1 atom stereocenters. The van der Waals surface area contributed by atoms with Crippen molar-refractivity contribution in [3.63, 3.8) is 0 Å². The smallest absolute Gasteiger partial charge is 0.254 e. The van der Waals surface area contributed by atoms with E-state index < -0.39 is 6.04 Å². The first kappa shape index (κ1) is 22.0. The SMILES string of the molecule is C#CCOc1ccc(CCNC(=O)C2CCCN2C(=O)c2cc(Cl)cc(Cl)c2)cc1. The summed E-state index contributed by atoms with van der Waals surface area (Å²) in [5.41, 5.74) is 1.45. The van der Waals surface area contributed by atoms with Crippen molar-refractivity contribution < 1.29 is 14.3 Å². The molecule has 2 aromatic rings. The zero-order chi connectivity index (χ0) is 21.5. The van der Waals surface area contributed by atoms with Crippen molar-refractivity contribution in [1.29, 1.82) is 0 Å². The van der Waals surface area contributed by atoms with Gasteiger partial charge < -0.3 is 15.0 Å². The van der Waals surface area contributed by atoms with Crippen molar-refractivity contribution in [2.45, 2.75) is 25.3 Å². The topological polar surface area (TPSA) is 58.6 Å². The van der Waals surface area contributed by atoms with Crippen molar-refractivity contribution in [2.24, 2.45) is 0 Å². The molecule has 1 aliphatic rings. The predicted octanol–water partition coefficient (Wildman–Crippen LogP) is 3.97. The number of hydrogen-bond donors (Lipinski definition) is 1. The van der Waals surface area contributed by atoms with Gasteiger partial charge in [-0.05, 0) is 55.2 Å². The molecule has 1 N–H and O–H groups in total. The molecular formula is C23H22Cl2N2O3. The third-order valence-corrected chi connectivity index (χ3v) is 5.32. The van der Waals surface area contributed by atoms with Crippen LogP contribution in [0.15, 0.2) is 42.5 Å². The lowest BCUT2D eigenvalue weighted by Crippen LogP contribution is -2.46. The van der Waals surface area contributed by atoms with Crippen LogP contribution in [-0.4, -0.2) is 42.5 Å². The van der Waals surface area contributed by atoms with E-state index >= 15 is 0 Å². The Hall–Kier alpha value is -2.68. The molecule has 2 aromatic carbocycles. The average molecular weight is 445 g/mol. The van der Waals surface area contributed by atoms with Crippen molar-refractivity contribution in [2.75, 3.05) is 19.7 Å². The van der Waals surface area contributed by atoms with E-state index in [1.165, 1.54) is 0 Å². The van der Waals surface area contributed by atoms with Gasteiger partial charge in [-0.3, -0.25) is 9.59 Å². The Morgan fingerprint density at radius 1 is 1.17 bits per heavy atom. The van der Waals surface area contributed by atoms with Crippen LogP contribution < -0.4 is 10.1 Å². The van der Waals surface area contributed by atoms with E-state index in [4.69, 9.17) is 34.4 Å². The number of carbonyl (C=O) groups excluding carboxylic acids is 2. The fourth-order valence-electron chi connectivity index (χ4n) is 3.45. The van der Waals surface area contributed by atoms with E-state index in [1.807, 2.05) is 24.3 Å². The second-order valence-corrected chi connectivity index (χ2v) is 7.87. The molecule has 156 valence electrons. The maximum atomic E-state index is 12.9. The third kappa shape index (κ3) is 5.69. The highest BCUT2D eigenvalue weighted by Gasteiger charge is 2.34. The Morgan fingerprint density at radius 2 is 1.87 bits per heavy atom. The average Bonchev–Trinajstić information content (AvgIpc) is 3.22. The minimum absolute atomic E-state index is 0.150. The number of nitrogens with one attached hydrogen (secondary N) is 1. The summed E-state index contributed by atoms with van der Waals surface area (Å²) in [7, 11) is 0. The summed E-state index contributed by atoms with van der Waals surface area (Å²) in [4.78, 5) is 27.2. The second-order valence-electron chi connectivity index (χ2n) is 6.99. The number of halogens is 2. The minimum atomic E-state index is -0.491. The molecule has 5 nitrogen and oxygen atoms in total. The van der Waals surface area contributed by atoms with Gasteiger partial charge in [-0.1, -0.05) is 41.3 Å². The highest BCUT2D eigenvalue weighted by molar-refractivity contribution is 6.35. The first-order valence-corrected chi connectivity index (χ1v) is 10.4. The molecule has 0 spiro atoms. The Morgan fingerprint density at radius 3 is 2.53 bits per heavy atom. The number of carbonyl (C=O) groups is 2. The van der Waals surface area contributed by atoms with Gasteiger partial charge in [0, 0.05) is 28.7 Å². The fraction of sp³-hybridized carbons (Fsp3) is 0.304. The molecule has 0 aromatic heterocycles. The van der Waals surface area contributed by atoms with Crippen molar-refractivity contribution >= 4 is 35.0 Å². The van der Waals surface area contributed by atoms with Gasteiger partial charge in [0.15, 0.2) is 0 Å². The van der Waals surface area contributed by atoms with Gasteiger partial charge in [-0.15, -0.1) is 6.42 Å². The van der Waals surface area contributed by atoms with Crippen LogP contribution >= 0.6 is 23.2 Å². The van der Waals surface area contributed by atoms with Gasteiger partial charge in [-0.25, -0.2) is 0 Å². The first-order chi connectivity index (χ1) is 14.5. The molecule has 1 heterocycles. The maximum Gasteiger partial charge on any atom is 0.254 e. The summed E-state index contributed by atoms with van der Waals surface area (Å²) in [5.74, 6) is 2.74. The molecule has 3 rings (SSSR count). The Labute approximate surface area is 186 Å². The normalized spacial score (nSPS) is 15.5. The van der Waals surface area contributed by atoms with E-state index in [2.05, 4.69) is 11.2 Å². The lowest BCUT2D eigenvalue weighted by atomic mass is 10.1. The molecule has 7 heteroatoms. The standard InChI is InChI=1S/C23H22Cl2N2O3/c1-2-12-30-20-7-5-16(6-8-20)9-10-26-22(28)21-4-3-11-27(21)23(29)17-13-18(24)15-19(25)14-17/h1,5-8,13-15,21H,3-4,9-12H2,(H,26,28). The van der Waals surface area contributed by atoms with Crippen LogP contribution in [0, 0.1) is 12.3 Å². The highest BCUT2D eigenvalue weighted by Crippen LogP contribution is 2.24. The van der Waals surface area contributed by atoms with Crippen LogP contribution in [0.1, 0.15) is 28.8 Å². The summed E-state index contributed by atoms with van der Waals surface area (Å²) in [6.45, 7) is 1.23.